The molecule has 1 aromatic heterocycles. The summed E-state index contributed by atoms with van der Waals surface area (Å²) in [5.74, 6) is 3.07. The third-order valence-electron chi connectivity index (χ3n) is 10.0. The number of hydrogen-bond donors (Lipinski definition) is 2. The molecule has 0 radical (unpaired) electrons. The SMILES string of the molecule is C1=CNCC(c2cccc(-c3ccc4c(c3)Oc3ccccc3-c3ccccc3Oc3cc(-n5c6c(c7ccccc75)CNC=C6)ccc3-4)c2)=C1. The molecule has 3 aliphatic heterocycles. The molecule has 0 spiro atoms. The zero-order chi connectivity index (χ0) is 33.7. The highest BCUT2D eigenvalue weighted by Gasteiger charge is 2.23. The van der Waals surface area contributed by atoms with Crippen LogP contribution in [0.25, 0.3) is 61.6 Å². The Bertz CT molecular complexity index is 2610. The molecule has 244 valence electrons. The van der Waals surface area contributed by atoms with Gasteiger partial charge < -0.3 is 24.7 Å². The van der Waals surface area contributed by atoms with Crippen LogP contribution in [0.5, 0.6) is 23.0 Å². The van der Waals surface area contributed by atoms with Gasteiger partial charge in [-0.15, -0.1) is 0 Å². The minimum atomic E-state index is 0.758. The van der Waals surface area contributed by atoms with Gasteiger partial charge in [0.15, 0.2) is 0 Å². The Morgan fingerprint density at radius 3 is 1.98 bits per heavy atom. The minimum absolute atomic E-state index is 0.758. The third kappa shape index (κ3) is 5.01. The fraction of sp³-hybridized carbons (Fsp3) is 0.0435. The Kier molecular flexibility index (Phi) is 6.88. The Morgan fingerprint density at radius 2 is 1.18 bits per heavy atom. The quantitative estimate of drug-likeness (QED) is 0.198. The van der Waals surface area contributed by atoms with Crippen LogP contribution in [0.1, 0.15) is 16.8 Å². The molecule has 3 aliphatic rings. The van der Waals surface area contributed by atoms with Crippen molar-refractivity contribution in [2.45, 2.75) is 6.54 Å². The van der Waals surface area contributed by atoms with Crippen LogP contribution in [-0.4, -0.2) is 11.1 Å². The van der Waals surface area contributed by atoms with Gasteiger partial charge in [-0.05, 0) is 95.3 Å². The highest BCUT2D eigenvalue weighted by molar-refractivity contribution is 5.91. The molecule has 0 atom stereocenters. The Hall–Kier alpha value is -6.72. The van der Waals surface area contributed by atoms with Crippen LogP contribution in [0.15, 0.2) is 158 Å². The van der Waals surface area contributed by atoms with E-state index in [0.29, 0.717) is 0 Å². The molecular weight excluding hydrogens is 627 g/mol. The Balaban J connectivity index is 1.18. The molecule has 5 nitrogen and oxygen atoms in total. The highest BCUT2D eigenvalue weighted by atomic mass is 16.5. The lowest BCUT2D eigenvalue weighted by Crippen LogP contribution is -2.11. The predicted octanol–water partition coefficient (Wildman–Crippen LogP) is 11.1. The first kappa shape index (κ1) is 29.2. The molecule has 10 rings (SSSR count). The van der Waals surface area contributed by atoms with E-state index < -0.39 is 0 Å². The normalized spacial score (nSPS) is 13.9. The van der Waals surface area contributed by atoms with E-state index in [1.54, 1.807) is 0 Å². The number of para-hydroxylation sites is 3. The lowest BCUT2D eigenvalue weighted by molar-refractivity contribution is 0.472. The zero-order valence-electron chi connectivity index (χ0n) is 27.8. The standard InChI is InChI=1S/C46H33N3O2/c1-4-15-41-35(12-1)40-29-48-24-22-42(40)49(41)34-19-21-39-38-20-18-32(30-9-7-10-31(25-30)33-11-8-23-47-28-33)26-45(38)50-43-16-5-2-13-36(43)37-14-3-6-17-44(37)51-46(39)27-34/h1-27,47-48H,28-29H2. The molecule has 0 saturated carbocycles. The van der Waals surface area contributed by atoms with Gasteiger partial charge in [0.1, 0.15) is 23.0 Å². The smallest absolute Gasteiger partial charge is 0.137 e. The first-order valence-corrected chi connectivity index (χ1v) is 17.3. The number of nitrogens with zero attached hydrogens (tertiary/aromatic N) is 1. The van der Waals surface area contributed by atoms with Crippen LogP contribution in [0, 0.1) is 0 Å². The van der Waals surface area contributed by atoms with Crippen molar-refractivity contribution >= 4 is 22.6 Å². The molecule has 0 fully saturated rings. The van der Waals surface area contributed by atoms with Crippen molar-refractivity contribution in [1.82, 2.24) is 15.2 Å². The summed E-state index contributed by atoms with van der Waals surface area (Å²) in [6.07, 6.45) is 10.4. The van der Waals surface area contributed by atoms with Crippen LogP contribution in [0.4, 0.5) is 0 Å². The van der Waals surface area contributed by atoms with E-state index in [-0.39, 0.29) is 0 Å². The van der Waals surface area contributed by atoms with E-state index in [4.69, 9.17) is 9.47 Å². The summed E-state index contributed by atoms with van der Waals surface area (Å²) in [6, 6.07) is 46.8. The fourth-order valence-electron chi connectivity index (χ4n) is 7.58. The molecular formula is C46H33N3O2. The van der Waals surface area contributed by atoms with Crippen LogP contribution in [0.3, 0.4) is 0 Å². The van der Waals surface area contributed by atoms with Crippen molar-refractivity contribution in [1.29, 1.82) is 0 Å². The number of ether oxygens (including phenoxy) is 2. The lowest BCUT2D eigenvalue weighted by atomic mass is 9.95. The van der Waals surface area contributed by atoms with Crippen molar-refractivity contribution in [2.75, 3.05) is 6.54 Å². The number of nitrogens with one attached hydrogen (secondary N) is 2. The van der Waals surface area contributed by atoms with Gasteiger partial charge in [-0.25, -0.2) is 0 Å². The predicted molar refractivity (Wildman–Crippen MR) is 207 cm³/mol. The number of allylic oxidation sites excluding steroid dienone is 2. The molecule has 5 heteroatoms. The maximum absolute atomic E-state index is 7.01. The molecule has 2 N–H and O–H groups in total. The number of dihydropyridines is 1. The van der Waals surface area contributed by atoms with Crippen molar-refractivity contribution in [3.05, 3.63) is 175 Å². The fourth-order valence-corrected chi connectivity index (χ4v) is 7.58. The number of rotatable bonds is 3. The lowest BCUT2D eigenvalue weighted by Gasteiger charge is -2.23. The average Bonchev–Trinajstić information content (AvgIpc) is 3.53. The van der Waals surface area contributed by atoms with Gasteiger partial charge in [-0.1, -0.05) is 84.9 Å². The van der Waals surface area contributed by atoms with E-state index in [0.717, 1.165) is 80.7 Å². The van der Waals surface area contributed by atoms with Crippen LogP contribution in [-0.2, 0) is 6.54 Å². The average molecular weight is 660 g/mol. The number of aromatic nitrogens is 1. The van der Waals surface area contributed by atoms with Crippen molar-refractivity contribution in [3.8, 4) is 62.1 Å². The first-order valence-electron chi connectivity index (χ1n) is 17.3. The first-order chi connectivity index (χ1) is 25.3. The van der Waals surface area contributed by atoms with Gasteiger partial charge in [-0.3, -0.25) is 0 Å². The van der Waals surface area contributed by atoms with Crippen LogP contribution in [0.2, 0.25) is 0 Å². The molecule has 6 aromatic carbocycles. The summed E-state index contributed by atoms with van der Waals surface area (Å²) in [5.41, 5.74) is 13.2. The third-order valence-corrected chi connectivity index (χ3v) is 10.0. The second kappa shape index (κ2) is 12.0. The van der Waals surface area contributed by atoms with Gasteiger partial charge in [-0.2, -0.15) is 0 Å². The maximum atomic E-state index is 7.01. The molecule has 7 aromatic rings. The second-order valence-corrected chi connectivity index (χ2v) is 13.0. The number of hydrogen-bond acceptors (Lipinski definition) is 4. The summed E-state index contributed by atoms with van der Waals surface area (Å²) >= 11 is 0. The van der Waals surface area contributed by atoms with Crippen LogP contribution >= 0.6 is 0 Å². The Morgan fingerprint density at radius 1 is 0.510 bits per heavy atom. The summed E-state index contributed by atoms with van der Waals surface area (Å²) < 4.78 is 16.3. The molecule has 51 heavy (non-hydrogen) atoms. The molecule has 0 amide bonds. The second-order valence-electron chi connectivity index (χ2n) is 13.0. The number of fused-ring (bicyclic) bond motifs is 9. The van der Waals surface area contributed by atoms with Crippen LogP contribution < -0.4 is 20.1 Å². The van der Waals surface area contributed by atoms with Gasteiger partial charge in [0.05, 0.1) is 11.2 Å². The van der Waals surface area contributed by atoms with Crippen molar-refractivity contribution in [3.63, 3.8) is 0 Å². The van der Waals surface area contributed by atoms with E-state index in [1.807, 2.05) is 48.8 Å². The minimum Gasteiger partial charge on any atom is -0.456 e. The molecule has 0 bridgehead atoms. The summed E-state index contributed by atoms with van der Waals surface area (Å²) in [5, 5.41) is 7.98. The largest absolute Gasteiger partial charge is 0.456 e. The molecule has 0 aliphatic carbocycles. The molecule has 0 saturated heterocycles. The maximum Gasteiger partial charge on any atom is 0.137 e. The molecule has 0 unspecified atom stereocenters. The van der Waals surface area contributed by atoms with Gasteiger partial charge in [0, 0.05) is 58.0 Å². The monoisotopic (exact) mass is 659 g/mol. The van der Waals surface area contributed by atoms with Crippen molar-refractivity contribution in [2.24, 2.45) is 0 Å². The van der Waals surface area contributed by atoms with Gasteiger partial charge in [0.25, 0.3) is 0 Å². The van der Waals surface area contributed by atoms with Crippen molar-refractivity contribution < 1.29 is 9.47 Å². The topological polar surface area (TPSA) is 47.5 Å². The summed E-state index contributed by atoms with van der Waals surface area (Å²) in [7, 11) is 0. The summed E-state index contributed by atoms with van der Waals surface area (Å²) in [6.45, 7) is 1.59. The van der Waals surface area contributed by atoms with Gasteiger partial charge in [0.2, 0.25) is 0 Å². The molecule has 4 heterocycles. The Labute approximate surface area is 296 Å². The van der Waals surface area contributed by atoms with E-state index in [1.165, 1.54) is 27.8 Å². The zero-order valence-corrected chi connectivity index (χ0v) is 27.8. The van der Waals surface area contributed by atoms with E-state index in [2.05, 4.69) is 130 Å². The van der Waals surface area contributed by atoms with E-state index in [9.17, 15) is 0 Å². The summed E-state index contributed by atoms with van der Waals surface area (Å²) in [4.78, 5) is 0. The number of benzene rings is 6. The highest BCUT2D eigenvalue weighted by Crippen LogP contribution is 2.48. The van der Waals surface area contributed by atoms with E-state index >= 15 is 0 Å². The van der Waals surface area contributed by atoms with Gasteiger partial charge >= 0.3 is 0 Å².